The highest BCUT2D eigenvalue weighted by molar-refractivity contribution is 5.66. The third-order valence-corrected chi connectivity index (χ3v) is 10.2. The van der Waals surface area contributed by atoms with Gasteiger partial charge < -0.3 is 15.3 Å². The molecular formula is C24H40O4. The van der Waals surface area contributed by atoms with Crippen LogP contribution in [-0.2, 0) is 4.79 Å². The van der Waals surface area contributed by atoms with Crippen molar-refractivity contribution in [3.05, 3.63) is 0 Å². The van der Waals surface area contributed by atoms with E-state index in [0.717, 1.165) is 32.1 Å². The maximum atomic E-state index is 11.2. The summed E-state index contributed by atoms with van der Waals surface area (Å²) in [5.74, 6) is 2.36. The average molecular weight is 393 g/mol. The molecule has 4 heteroatoms. The fourth-order valence-electron chi connectivity index (χ4n) is 8.73. The molecule has 28 heavy (non-hydrogen) atoms. The molecule has 160 valence electrons. The Balaban J connectivity index is 1.55. The van der Waals surface area contributed by atoms with E-state index in [2.05, 4.69) is 20.8 Å². The van der Waals surface area contributed by atoms with Gasteiger partial charge in [-0.3, -0.25) is 4.79 Å². The normalized spacial score (nSPS) is 51.7. The van der Waals surface area contributed by atoms with Crippen molar-refractivity contribution in [1.29, 1.82) is 0 Å². The lowest BCUT2D eigenvalue weighted by molar-refractivity contribution is -0.174. The van der Waals surface area contributed by atoms with Gasteiger partial charge in [-0.05, 0) is 104 Å². The molecule has 0 radical (unpaired) electrons. The van der Waals surface area contributed by atoms with Crippen molar-refractivity contribution in [2.75, 3.05) is 0 Å². The van der Waals surface area contributed by atoms with Crippen LogP contribution in [0.1, 0.15) is 85.0 Å². The van der Waals surface area contributed by atoms with Crippen LogP contribution in [0.3, 0.4) is 0 Å². The first kappa shape index (κ1) is 20.7. The van der Waals surface area contributed by atoms with Gasteiger partial charge in [-0.25, -0.2) is 0 Å². The van der Waals surface area contributed by atoms with Crippen molar-refractivity contribution in [1.82, 2.24) is 0 Å². The minimum absolute atomic E-state index is 0.179. The van der Waals surface area contributed by atoms with Crippen molar-refractivity contribution in [2.45, 2.75) is 97.2 Å². The van der Waals surface area contributed by atoms with Crippen LogP contribution < -0.4 is 0 Å². The zero-order chi connectivity index (χ0) is 20.3. The summed E-state index contributed by atoms with van der Waals surface area (Å²) in [5, 5.41) is 30.5. The molecule has 0 amide bonds. The summed E-state index contributed by atoms with van der Waals surface area (Å²) in [6.07, 6.45) is 9.19. The molecule has 0 saturated heterocycles. The molecule has 3 N–H and O–H groups in total. The van der Waals surface area contributed by atoms with E-state index in [0.29, 0.717) is 35.5 Å². The van der Waals surface area contributed by atoms with Gasteiger partial charge in [0.25, 0.3) is 0 Å². The quantitative estimate of drug-likeness (QED) is 0.659. The van der Waals surface area contributed by atoms with E-state index < -0.39 is 5.97 Å². The van der Waals surface area contributed by atoms with Crippen molar-refractivity contribution < 1.29 is 20.1 Å². The predicted octanol–water partition coefficient (Wildman–Crippen LogP) is 4.48. The van der Waals surface area contributed by atoms with Gasteiger partial charge in [0, 0.05) is 6.42 Å². The molecule has 4 fully saturated rings. The zero-order valence-electron chi connectivity index (χ0n) is 17.9. The van der Waals surface area contributed by atoms with Gasteiger partial charge >= 0.3 is 5.97 Å². The Labute approximate surface area is 170 Å². The molecule has 4 aliphatic rings. The summed E-state index contributed by atoms with van der Waals surface area (Å²) in [4.78, 5) is 11.1. The van der Waals surface area contributed by atoms with Gasteiger partial charge in [-0.2, -0.15) is 0 Å². The summed E-state index contributed by atoms with van der Waals surface area (Å²) in [6.45, 7) is 7.16. The van der Waals surface area contributed by atoms with E-state index in [4.69, 9.17) is 5.11 Å². The predicted molar refractivity (Wildman–Crippen MR) is 109 cm³/mol. The Morgan fingerprint density at radius 1 is 1.00 bits per heavy atom. The third-order valence-electron chi connectivity index (χ3n) is 10.2. The van der Waals surface area contributed by atoms with Gasteiger partial charge in [0.1, 0.15) is 0 Å². The average Bonchev–Trinajstić information content (AvgIpc) is 2.98. The second-order valence-corrected chi connectivity index (χ2v) is 11.4. The lowest BCUT2D eigenvalue weighted by Gasteiger charge is -2.62. The molecule has 0 aromatic rings. The van der Waals surface area contributed by atoms with Gasteiger partial charge in [0.15, 0.2) is 0 Å². The molecule has 0 aromatic carbocycles. The van der Waals surface area contributed by atoms with Crippen LogP contribution in [0.15, 0.2) is 0 Å². The smallest absolute Gasteiger partial charge is 0.303 e. The number of carboxylic acid groups (broad SMARTS) is 1. The minimum Gasteiger partial charge on any atom is -0.481 e. The Hall–Kier alpha value is -0.610. The fourth-order valence-corrected chi connectivity index (χ4v) is 8.73. The number of carboxylic acids is 1. The molecular weight excluding hydrogens is 352 g/mol. The van der Waals surface area contributed by atoms with E-state index in [1.165, 1.54) is 25.7 Å². The second-order valence-electron chi connectivity index (χ2n) is 11.4. The van der Waals surface area contributed by atoms with Gasteiger partial charge in [0.2, 0.25) is 0 Å². The lowest BCUT2D eigenvalue weighted by Crippen LogP contribution is -2.58. The molecule has 0 aromatic heterocycles. The number of aliphatic hydroxyl groups excluding tert-OH is 2. The van der Waals surface area contributed by atoms with Crippen LogP contribution in [0, 0.1) is 46.3 Å². The molecule has 10 atom stereocenters. The number of aliphatic carboxylic acids is 1. The summed E-state index contributed by atoms with van der Waals surface area (Å²) >= 11 is 0. The number of carbonyl (C=O) groups is 1. The Bertz CT molecular complexity index is 605. The highest BCUT2D eigenvalue weighted by atomic mass is 16.4. The van der Waals surface area contributed by atoms with E-state index in [-0.39, 0.29) is 29.5 Å². The van der Waals surface area contributed by atoms with Crippen LogP contribution in [0.4, 0.5) is 0 Å². The fraction of sp³-hybridized carbons (Fsp3) is 0.958. The first-order valence-corrected chi connectivity index (χ1v) is 11.7. The van der Waals surface area contributed by atoms with Gasteiger partial charge in [-0.1, -0.05) is 20.8 Å². The molecule has 7 unspecified atom stereocenters. The van der Waals surface area contributed by atoms with E-state index in [1.54, 1.807) is 0 Å². The molecule has 0 heterocycles. The van der Waals surface area contributed by atoms with Gasteiger partial charge in [-0.15, -0.1) is 0 Å². The Kier molecular flexibility index (Phi) is 5.36. The van der Waals surface area contributed by atoms with Crippen LogP contribution >= 0.6 is 0 Å². The van der Waals surface area contributed by atoms with Gasteiger partial charge in [0.05, 0.1) is 12.2 Å². The molecule has 4 aliphatic carbocycles. The highest BCUT2D eigenvalue weighted by Gasteiger charge is 2.62. The summed E-state index contributed by atoms with van der Waals surface area (Å²) in [6, 6.07) is 0. The largest absolute Gasteiger partial charge is 0.481 e. The van der Waals surface area contributed by atoms with Crippen LogP contribution in [0.25, 0.3) is 0 Å². The molecule has 4 nitrogen and oxygen atoms in total. The molecule has 4 saturated carbocycles. The number of rotatable bonds is 4. The van der Waals surface area contributed by atoms with Crippen molar-refractivity contribution >= 4 is 5.97 Å². The summed E-state index contributed by atoms with van der Waals surface area (Å²) < 4.78 is 0. The molecule has 0 aliphatic heterocycles. The Morgan fingerprint density at radius 3 is 2.39 bits per heavy atom. The summed E-state index contributed by atoms with van der Waals surface area (Å²) in [5.41, 5.74) is 0.523. The first-order valence-electron chi connectivity index (χ1n) is 11.7. The highest BCUT2D eigenvalue weighted by Crippen LogP contribution is 2.68. The topological polar surface area (TPSA) is 77.8 Å². The maximum absolute atomic E-state index is 11.2. The monoisotopic (exact) mass is 392 g/mol. The summed E-state index contributed by atoms with van der Waals surface area (Å²) in [7, 11) is 0. The first-order chi connectivity index (χ1) is 13.2. The van der Waals surface area contributed by atoms with E-state index in [9.17, 15) is 15.0 Å². The molecule has 4 rings (SSSR count). The van der Waals surface area contributed by atoms with E-state index >= 15 is 0 Å². The van der Waals surface area contributed by atoms with Crippen molar-refractivity contribution in [2.24, 2.45) is 46.3 Å². The van der Waals surface area contributed by atoms with Crippen LogP contribution in [-0.4, -0.2) is 33.5 Å². The number of hydrogen-bond acceptors (Lipinski definition) is 3. The maximum Gasteiger partial charge on any atom is 0.303 e. The minimum atomic E-state index is -0.684. The number of aliphatic hydroxyl groups is 2. The SMILES string of the molecule is CC(CCC(=O)O)C1CCC2C3C(CC[C@]12C)C1(C)CC[C@@H](O)CC1C[C@H]3O. The lowest BCUT2D eigenvalue weighted by atomic mass is 9.43. The Morgan fingerprint density at radius 2 is 1.68 bits per heavy atom. The number of fused-ring (bicyclic) bond motifs is 5. The third kappa shape index (κ3) is 3.14. The van der Waals surface area contributed by atoms with Crippen LogP contribution in [0.5, 0.6) is 0 Å². The molecule has 0 spiro atoms. The molecule has 0 bridgehead atoms. The zero-order valence-corrected chi connectivity index (χ0v) is 17.9. The van der Waals surface area contributed by atoms with Crippen molar-refractivity contribution in [3.8, 4) is 0 Å². The van der Waals surface area contributed by atoms with E-state index in [1.807, 2.05) is 0 Å². The standard InChI is InChI=1S/C24H40O4/c1-14(4-7-21(27)28)17-5-6-18-22-19(9-11-24(17,18)3)23(2)10-8-16(25)12-15(23)13-20(22)26/h14-20,22,25-26H,4-13H2,1-3H3,(H,27,28)/t14?,15?,16-,17?,18?,19?,20-,22?,23?,24-/m1/s1. The van der Waals surface area contributed by atoms with Crippen molar-refractivity contribution in [3.63, 3.8) is 0 Å². The van der Waals surface area contributed by atoms with Crippen LogP contribution in [0.2, 0.25) is 0 Å². The second kappa shape index (κ2) is 7.27. The number of hydrogen-bond donors (Lipinski definition) is 3.